The van der Waals surface area contributed by atoms with E-state index in [2.05, 4.69) is 5.10 Å². The highest BCUT2D eigenvalue weighted by atomic mass is 16.7. The molecule has 4 rings (SSSR count). The molecule has 1 aliphatic heterocycles. The van der Waals surface area contributed by atoms with Crippen LogP contribution in [0.4, 0.5) is 0 Å². The van der Waals surface area contributed by atoms with E-state index in [-0.39, 0.29) is 34.3 Å². The number of fused-ring (bicyclic) bond motifs is 2. The Morgan fingerprint density at radius 1 is 0.926 bits per heavy atom. The number of aryl methyl sites for hydroxylation is 1. The van der Waals surface area contributed by atoms with Crippen molar-refractivity contribution in [2.24, 2.45) is 0 Å². The summed E-state index contributed by atoms with van der Waals surface area (Å²) in [5.41, 5.74) is -0.174. The number of imide groups is 1. The van der Waals surface area contributed by atoms with Gasteiger partial charge in [-0.15, -0.1) is 0 Å². The third-order valence-electron chi connectivity index (χ3n) is 4.29. The largest absolute Gasteiger partial charge is 0.384 e. The molecule has 134 valence electrons. The molecule has 0 radical (unpaired) electrons. The fourth-order valence-electron chi connectivity index (χ4n) is 2.98. The van der Waals surface area contributed by atoms with Crippen molar-refractivity contribution in [3.8, 4) is 0 Å². The predicted molar refractivity (Wildman–Crippen MR) is 94.0 cm³/mol. The summed E-state index contributed by atoms with van der Waals surface area (Å²) in [6.45, 7) is 1.96. The highest BCUT2D eigenvalue weighted by molar-refractivity contribution is 6.21. The molecule has 27 heavy (non-hydrogen) atoms. The molecule has 0 saturated heterocycles. The van der Waals surface area contributed by atoms with Crippen LogP contribution in [0.25, 0.3) is 10.8 Å². The quantitative estimate of drug-likeness (QED) is 0.658. The third-order valence-corrected chi connectivity index (χ3v) is 4.29. The van der Waals surface area contributed by atoms with Gasteiger partial charge in [-0.25, -0.2) is 9.48 Å². The van der Waals surface area contributed by atoms with Crippen LogP contribution in [-0.2, 0) is 11.4 Å². The second-order valence-electron chi connectivity index (χ2n) is 5.84. The van der Waals surface area contributed by atoms with Gasteiger partial charge in [0.25, 0.3) is 17.4 Å². The van der Waals surface area contributed by atoms with Crippen LogP contribution < -0.4 is 5.56 Å². The van der Waals surface area contributed by atoms with E-state index >= 15 is 0 Å². The molecule has 0 bridgehead atoms. The van der Waals surface area contributed by atoms with E-state index in [1.165, 1.54) is 12.1 Å². The topological polar surface area (TPSA) is 98.6 Å². The number of amides is 2. The fraction of sp³-hybridized carbons (Fsp3) is 0.105. The predicted octanol–water partition coefficient (Wildman–Crippen LogP) is 1.78. The molecule has 3 aromatic rings. The molecule has 0 spiro atoms. The van der Waals surface area contributed by atoms with Crippen LogP contribution in [0.3, 0.4) is 0 Å². The van der Waals surface area contributed by atoms with Crippen LogP contribution in [0.15, 0.2) is 53.3 Å². The van der Waals surface area contributed by atoms with E-state index in [0.717, 1.165) is 4.68 Å². The van der Waals surface area contributed by atoms with Crippen molar-refractivity contribution in [1.29, 1.82) is 0 Å². The zero-order chi connectivity index (χ0) is 19.1. The first-order valence-electron chi connectivity index (χ1n) is 8.23. The van der Waals surface area contributed by atoms with Crippen LogP contribution in [0.1, 0.15) is 38.1 Å². The smallest absolute Gasteiger partial charge is 0.322 e. The van der Waals surface area contributed by atoms with Crippen LogP contribution in [0.2, 0.25) is 0 Å². The molecule has 8 heteroatoms. The molecule has 0 unspecified atom stereocenters. The molecular weight excluding hydrogens is 350 g/mol. The number of carbonyl (C=O) groups is 3. The van der Waals surface area contributed by atoms with Crippen molar-refractivity contribution in [2.45, 2.75) is 13.5 Å². The summed E-state index contributed by atoms with van der Waals surface area (Å²) in [6, 6.07) is 12.6. The Morgan fingerprint density at radius 2 is 1.48 bits per heavy atom. The van der Waals surface area contributed by atoms with Gasteiger partial charge in [0.15, 0.2) is 5.69 Å². The number of rotatable bonds is 3. The Kier molecular flexibility index (Phi) is 3.80. The first kappa shape index (κ1) is 16.6. The van der Waals surface area contributed by atoms with E-state index in [1.807, 2.05) is 0 Å². The number of hydroxylamine groups is 2. The molecular formula is C19H13N3O5. The Hall–Kier alpha value is -3.81. The lowest BCUT2D eigenvalue weighted by atomic mass is 10.1. The first-order valence-corrected chi connectivity index (χ1v) is 8.23. The molecule has 0 fully saturated rings. The summed E-state index contributed by atoms with van der Waals surface area (Å²) in [4.78, 5) is 54.9. The standard InChI is InChI=1S/C19H13N3O5/c1-2-21-16(23)12-8-4-3-7-11(12)15(20-21)19(26)27-22-17(24)13-9-5-6-10-14(13)18(22)25/h3-10H,2H2,1H3. The van der Waals surface area contributed by atoms with Gasteiger partial charge >= 0.3 is 5.97 Å². The van der Waals surface area contributed by atoms with Crippen molar-refractivity contribution in [3.05, 3.63) is 75.7 Å². The van der Waals surface area contributed by atoms with Gasteiger partial charge in [0, 0.05) is 11.9 Å². The Balaban J connectivity index is 1.75. The molecule has 1 aromatic heterocycles. The molecule has 2 amide bonds. The maximum Gasteiger partial charge on any atom is 0.384 e. The molecule has 0 aliphatic carbocycles. The van der Waals surface area contributed by atoms with Gasteiger partial charge in [-0.3, -0.25) is 14.4 Å². The maximum atomic E-state index is 12.7. The molecule has 8 nitrogen and oxygen atoms in total. The summed E-state index contributed by atoms with van der Waals surface area (Å²) in [7, 11) is 0. The van der Waals surface area contributed by atoms with Crippen molar-refractivity contribution in [3.63, 3.8) is 0 Å². The zero-order valence-electron chi connectivity index (χ0n) is 14.2. The lowest BCUT2D eigenvalue weighted by Crippen LogP contribution is -2.34. The summed E-state index contributed by atoms with van der Waals surface area (Å²) in [6.07, 6.45) is 0. The Morgan fingerprint density at radius 3 is 2.07 bits per heavy atom. The van der Waals surface area contributed by atoms with Crippen LogP contribution >= 0.6 is 0 Å². The first-order chi connectivity index (χ1) is 13.0. The SMILES string of the molecule is CCn1nc(C(=O)ON2C(=O)c3ccccc3C2=O)c2ccccc2c1=O. The van der Waals surface area contributed by atoms with Gasteiger partial charge in [-0.1, -0.05) is 35.4 Å². The fourth-order valence-corrected chi connectivity index (χ4v) is 2.98. The van der Waals surface area contributed by atoms with Crippen LogP contribution in [0, 0.1) is 0 Å². The van der Waals surface area contributed by atoms with E-state index in [1.54, 1.807) is 43.3 Å². The number of hydrogen-bond acceptors (Lipinski definition) is 6. The second-order valence-corrected chi connectivity index (χ2v) is 5.84. The Labute approximate surface area is 152 Å². The summed E-state index contributed by atoms with van der Waals surface area (Å²) >= 11 is 0. The van der Waals surface area contributed by atoms with E-state index in [0.29, 0.717) is 10.4 Å². The number of carbonyl (C=O) groups excluding carboxylic acids is 3. The van der Waals surface area contributed by atoms with Crippen LogP contribution in [0.5, 0.6) is 0 Å². The molecule has 1 aliphatic rings. The molecule has 2 heterocycles. The molecule has 0 saturated carbocycles. The van der Waals surface area contributed by atoms with Gasteiger partial charge < -0.3 is 4.84 Å². The maximum absolute atomic E-state index is 12.7. The van der Waals surface area contributed by atoms with E-state index < -0.39 is 17.8 Å². The van der Waals surface area contributed by atoms with Crippen molar-refractivity contribution in [2.75, 3.05) is 0 Å². The summed E-state index contributed by atoms with van der Waals surface area (Å²) in [5, 5.41) is 5.04. The minimum atomic E-state index is -0.997. The van der Waals surface area contributed by atoms with Gasteiger partial charge in [0.2, 0.25) is 0 Å². The van der Waals surface area contributed by atoms with E-state index in [4.69, 9.17) is 4.84 Å². The van der Waals surface area contributed by atoms with Crippen LogP contribution in [-0.4, -0.2) is 32.6 Å². The molecule has 0 N–H and O–H groups in total. The lowest BCUT2D eigenvalue weighted by Gasteiger charge is -2.14. The van der Waals surface area contributed by atoms with Crippen molar-refractivity contribution < 1.29 is 19.2 Å². The van der Waals surface area contributed by atoms with Gasteiger partial charge in [-0.2, -0.15) is 5.10 Å². The molecule has 2 aromatic carbocycles. The summed E-state index contributed by atoms with van der Waals surface area (Å²) < 4.78 is 1.13. The van der Waals surface area contributed by atoms with E-state index in [9.17, 15) is 19.2 Å². The lowest BCUT2D eigenvalue weighted by molar-refractivity contribution is -0.0588. The normalized spacial score (nSPS) is 13.1. The number of nitrogens with zero attached hydrogens (tertiary/aromatic N) is 3. The second kappa shape index (κ2) is 6.17. The minimum absolute atomic E-state index is 0.149. The van der Waals surface area contributed by atoms with Crippen molar-refractivity contribution >= 4 is 28.6 Å². The average Bonchev–Trinajstić information content (AvgIpc) is 2.93. The highest BCUT2D eigenvalue weighted by Gasteiger charge is 2.39. The number of benzene rings is 2. The average molecular weight is 363 g/mol. The third kappa shape index (κ3) is 2.50. The van der Waals surface area contributed by atoms with Gasteiger partial charge in [0.1, 0.15) is 0 Å². The highest BCUT2D eigenvalue weighted by Crippen LogP contribution is 2.24. The monoisotopic (exact) mass is 363 g/mol. The van der Waals surface area contributed by atoms with Gasteiger partial charge in [-0.05, 0) is 25.1 Å². The number of aromatic nitrogens is 2. The van der Waals surface area contributed by atoms with Gasteiger partial charge in [0.05, 0.1) is 16.5 Å². The number of hydrogen-bond donors (Lipinski definition) is 0. The zero-order valence-corrected chi connectivity index (χ0v) is 14.2. The molecule has 0 atom stereocenters. The minimum Gasteiger partial charge on any atom is -0.322 e. The Bertz CT molecular complexity index is 1150. The van der Waals surface area contributed by atoms with Crippen molar-refractivity contribution in [1.82, 2.24) is 14.8 Å². The summed E-state index contributed by atoms with van der Waals surface area (Å²) in [5.74, 6) is -2.45.